The second-order valence-electron chi connectivity index (χ2n) is 5.36. The number of nitrogens with one attached hydrogen (secondary N) is 1. The van der Waals surface area contributed by atoms with E-state index in [-0.39, 0.29) is 18.1 Å². The lowest BCUT2D eigenvalue weighted by Gasteiger charge is -2.03. The van der Waals surface area contributed by atoms with E-state index in [0.717, 1.165) is 0 Å². The van der Waals surface area contributed by atoms with Gasteiger partial charge in [-0.15, -0.1) is 11.3 Å². The second-order valence-corrected chi connectivity index (χ2v) is 6.22. The Morgan fingerprint density at radius 2 is 2.19 bits per heavy atom. The maximum absolute atomic E-state index is 13.3. The van der Waals surface area contributed by atoms with Crippen molar-refractivity contribution in [3.63, 3.8) is 0 Å². The summed E-state index contributed by atoms with van der Waals surface area (Å²) in [4.78, 5) is 27.8. The number of rotatable bonds is 6. The zero-order valence-corrected chi connectivity index (χ0v) is 14.5. The zero-order chi connectivity index (χ0) is 18.5. The van der Waals surface area contributed by atoms with Crippen molar-refractivity contribution < 1.29 is 23.2 Å². The lowest BCUT2D eigenvalue weighted by molar-refractivity contribution is -0.146. The molecule has 0 saturated heterocycles. The molecule has 26 heavy (non-hydrogen) atoms. The molecule has 134 valence electrons. The smallest absolute Gasteiger partial charge is 0.312 e. The van der Waals surface area contributed by atoms with Crippen LogP contribution in [0.3, 0.4) is 0 Å². The number of benzene rings is 1. The van der Waals surface area contributed by atoms with Gasteiger partial charge in [0.15, 0.2) is 12.4 Å². The molecular weight excluding hydrogens is 361 g/mol. The van der Waals surface area contributed by atoms with Crippen LogP contribution >= 0.6 is 11.3 Å². The van der Waals surface area contributed by atoms with Crippen LogP contribution in [0.2, 0.25) is 0 Å². The van der Waals surface area contributed by atoms with Crippen molar-refractivity contribution in [2.75, 3.05) is 11.9 Å². The Bertz CT molecular complexity index is 937. The summed E-state index contributed by atoms with van der Waals surface area (Å²) in [6.07, 6.45) is -0.0812. The highest BCUT2D eigenvalue weighted by molar-refractivity contribution is 7.13. The van der Waals surface area contributed by atoms with Gasteiger partial charge in [-0.2, -0.15) is 0 Å². The summed E-state index contributed by atoms with van der Waals surface area (Å²) in [5.41, 5.74) is 1.13. The van der Waals surface area contributed by atoms with Crippen LogP contribution in [-0.4, -0.2) is 28.6 Å². The molecule has 2 heterocycles. The number of nitrogens with zero attached hydrogens (tertiary/aromatic N) is 2. The molecule has 0 bridgehead atoms. The van der Waals surface area contributed by atoms with Gasteiger partial charge in [-0.05, 0) is 19.1 Å². The van der Waals surface area contributed by atoms with Crippen LogP contribution in [0, 0.1) is 12.7 Å². The Kier molecular flexibility index (Phi) is 5.37. The van der Waals surface area contributed by atoms with Gasteiger partial charge in [0, 0.05) is 17.0 Å². The average molecular weight is 375 g/mol. The van der Waals surface area contributed by atoms with Crippen LogP contribution in [-0.2, 0) is 20.7 Å². The maximum Gasteiger partial charge on any atom is 0.312 e. The molecule has 3 rings (SSSR count). The van der Waals surface area contributed by atoms with Crippen LogP contribution in [0.25, 0.3) is 10.6 Å². The molecule has 7 nitrogen and oxygen atoms in total. The Morgan fingerprint density at radius 1 is 1.35 bits per heavy atom. The molecular formula is C17H14FN3O4S. The number of hydrogen-bond acceptors (Lipinski definition) is 7. The van der Waals surface area contributed by atoms with Gasteiger partial charge in [0.2, 0.25) is 0 Å². The highest BCUT2D eigenvalue weighted by Gasteiger charge is 2.13. The van der Waals surface area contributed by atoms with E-state index in [1.54, 1.807) is 30.5 Å². The molecule has 1 amide bonds. The fourth-order valence-corrected chi connectivity index (χ4v) is 2.91. The van der Waals surface area contributed by atoms with Crippen molar-refractivity contribution in [2.45, 2.75) is 13.3 Å². The quantitative estimate of drug-likeness (QED) is 0.666. The Hall–Kier alpha value is -3.07. The summed E-state index contributed by atoms with van der Waals surface area (Å²) in [7, 11) is 0. The topological polar surface area (TPSA) is 94.3 Å². The number of amides is 1. The van der Waals surface area contributed by atoms with E-state index in [0.29, 0.717) is 22.0 Å². The first kappa shape index (κ1) is 17.7. The van der Waals surface area contributed by atoms with Gasteiger partial charge in [0.1, 0.15) is 16.6 Å². The molecule has 1 N–H and O–H groups in total. The molecule has 0 aliphatic heterocycles. The minimum Gasteiger partial charge on any atom is -0.455 e. The summed E-state index contributed by atoms with van der Waals surface area (Å²) < 4.78 is 23.0. The first-order chi connectivity index (χ1) is 12.5. The molecule has 0 unspecified atom stereocenters. The predicted molar refractivity (Wildman–Crippen MR) is 92.0 cm³/mol. The Morgan fingerprint density at radius 3 is 2.92 bits per heavy atom. The van der Waals surface area contributed by atoms with Crippen molar-refractivity contribution in [3.05, 3.63) is 53.0 Å². The number of aryl methyl sites for hydroxylation is 1. The molecule has 2 aromatic heterocycles. The van der Waals surface area contributed by atoms with E-state index in [1.807, 2.05) is 0 Å². The fourth-order valence-electron chi connectivity index (χ4n) is 2.09. The third kappa shape index (κ3) is 4.73. The van der Waals surface area contributed by atoms with Gasteiger partial charge < -0.3 is 14.6 Å². The molecule has 0 atom stereocenters. The standard InChI is InChI=1S/C17H14FN3O4S/c1-10-5-14(21-25-10)20-15(22)8-24-16(23)7-13-9-26-17(19-13)11-3-2-4-12(18)6-11/h2-6,9H,7-8H2,1H3,(H,20,21,22). The largest absolute Gasteiger partial charge is 0.455 e. The molecule has 0 aliphatic rings. The lowest BCUT2D eigenvalue weighted by atomic mass is 10.2. The summed E-state index contributed by atoms with van der Waals surface area (Å²) in [6, 6.07) is 7.59. The molecule has 0 saturated carbocycles. The van der Waals surface area contributed by atoms with Gasteiger partial charge in [-0.1, -0.05) is 17.3 Å². The molecule has 0 radical (unpaired) electrons. The summed E-state index contributed by atoms with van der Waals surface area (Å²) in [6.45, 7) is 1.25. The van der Waals surface area contributed by atoms with Gasteiger partial charge in [-0.3, -0.25) is 9.59 Å². The minimum absolute atomic E-state index is 0.0812. The van der Waals surface area contributed by atoms with Crippen molar-refractivity contribution >= 4 is 29.0 Å². The number of halogens is 1. The van der Waals surface area contributed by atoms with Crippen LogP contribution in [0.15, 0.2) is 40.2 Å². The Labute approximate surface area is 151 Å². The number of thiazole rings is 1. The van der Waals surface area contributed by atoms with E-state index in [9.17, 15) is 14.0 Å². The van der Waals surface area contributed by atoms with Gasteiger partial charge >= 0.3 is 5.97 Å². The normalized spacial score (nSPS) is 10.5. The van der Waals surface area contributed by atoms with Crippen molar-refractivity contribution in [3.8, 4) is 10.6 Å². The van der Waals surface area contributed by atoms with E-state index in [1.165, 1.54) is 23.5 Å². The van der Waals surface area contributed by atoms with E-state index < -0.39 is 18.5 Å². The second kappa shape index (κ2) is 7.87. The number of carbonyl (C=O) groups excluding carboxylic acids is 2. The number of anilines is 1. The number of aromatic nitrogens is 2. The zero-order valence-electron chi connectivity index (χ0n) is 13.7. The van der Waals surface area contributed by atoms with Crippen LogP contribution in [0.5, 0.6) is 0 Å². The molecule has 0 fully saturated rings. The minimum atomic E-state index is -0.590. The van der Waals surface area contributed by atoms with Crippen LogP contribution in [0.4, 0.5) is 10.2 Å². The fraction of sp³-hybridized carbons (Fsp3) is 0.176. The van der Waals surface area contributed by atoms with Crippen molar-refractivity contribution in [1.82, 2.24) is 10.1 Å². The monoisotopic (exact) mass is 375 g/mol. The SMILES string of the molecule is Cc1cc(NC(=O)COC(=O)Cc2csc(-c3cccc(F)c3)n2)no1. The number of esters is 1. The van der Waals surface area contributed by atoms with Crippen LogP contribution < -0.4 is 5.32 Å². The number of hydrogen-bond donors (Lipinski definition) is 1. The Balaban J connectivity index is 1.50. The van der Waals surface area contributed by atoms with Gasteiger partial charge in [0.25, 0.3) is 5.91 Å². The summed E-state index contributed by atoms with van der Waals surface area (Å²) >= 11 is 1.30. The number of ether oxygens (including phenoxy) is 1. The maximum atomic E-state index is 13.3. The molecule has 9 heteroatoms. The number of carbonyl (C=O) groups is 2. The third-order valence-corrected chi connectivity index (χ3v) is 4.15. The molecule has 1 aromatic carbocycles. The molecule has 3 aromatic rings. The highest BCUT2D eigenvalue weighted by atomic mass is 32.1. The average Bonchev–Trinajstić information content (AvgIpc) is 3.22. The van der Waals surface area contributed by atoms with E-state index in [4.69, 9.17) is 9.26 Å². The molecule has 0 spiro atoms. The van der Waals surface area contributed by atoms with Gasteiger partial charge in [-0.25, -0.2) is 9.37 Å². The predicted octanol–water partition coefficient (Wildman–Crippen LogP) is 2.97. The first-order valence-electron chi connectivity index (χ1n) is 7.59. The van der Waals surface area contributed by atoms with Crippen molar-refractivity contribution in [1.29, 1.82) is 0 Å². The van der Waals surface area contributed by atoms with Gasteiger partial charge in [0.05, 0.1) is 12.1 Å². The third-order valence-electron chi connectivity index (χ3n) is 3.21. The summed E-state index contributed by atoms with van der Waals surface area (Å²) in [5, 5.41) is 8.35. The first-order valence-corrected chi connectivity index (χ1v) is 8.47. The van der Waals surface area contributed by atoms with E-state index in [2.05, 4.69) is 15.5 Å². The van der Waals surface area contributed by atoms with Crippen LogP contribution in [0.1, 0.15) is 11.5 Å². The van der Waals surface area contributed by atoms with E-state index >= 15 is 0 Å². The molecule has 0 aliphatic carbocycles. The van der Waals surface area contributed by atoms with Crippen molar-refractivity contribution in [2.24, 2.45) is 0 Å². The lowest BCUT2D eigenvalue weighted by Crippen LogP contribution is -2.21. The highest BCUT2D eigenvalue weighted by Crippen LogP contribution is 2.24. The summed E-state index contributed by atoms with van der Waals surface area (Å²) in [5.74, 6) is -0.664.